The van der Waals surface area contributed by atoms with E-state index in [1.54, 1.807) is 18.2 Å². The summed E-state index contributed by atoms with van der Waals surface area (Å²) >= 11 is 0. The number of carbonyl (C=O) groups excluding carboxylic acids is 3. The Kier molecular flexibility index (Phi) is 4.77. The molecular weight excluding hydrogens is 286 g/mol. The van der Waals surface area contributed by atoms with E-state index in [2.05, 4.69) is 22.5 Å². The van der Waals surface area contributed by atoms with Gasteiger partial charge in [-0.3, -0.25) is 14.4 Å². The number of benzene rings is 1. The van der Waals surface area contributed by atoms with Crippen LogP contribution in [0.3, 0.4) is 0 Å². The summed E-state index contributed by atoms with van der Waals surface area (Å²) in [6.07, 6.45) is 1.96. The van der Waals surface area contributed by atoms with Gasteiger partial charge in [0.05, 0.1) is 12.8 Å². The molecule has 0 spiro atoms. The van der Waals surface area contributed by atoms with E-state index in [1.807, 2.05) is 0 Å². The minimum atomic E-state index is -0.527. The molecule has 0 aromatic heterocycles. The van der Waals surface area contributed by atoms with Crippen LogP contribution in [0.5, 0.6) is 5.75 Å². The molecule has 1 aliphatic heterocycles. The second-order valence-electron chi connectivity index (χ2n) is 4.76. The molecule has 2 rings (SSSR count). The summed E-state index contributed by atoms with van der Waals surface area (Å²) in [5.41, 5.74) is 0.909. The van der Waals surface area contributed by atoms with Gasteiger partial charge in [-0.05, 0) is 30.7 Å². The lowest BCUT2D eigenvalue weighted by molar-refractivity contribution is -0.122. The molecule has 1 heterocycles. The van der Waals surface area contributed by atoms with Gasteiger partial charge in [-0.2, -0.15) is 0 Å². The third-order valence-corrected chi connectivity index (χ3v) is 3.22. The van der Waals surface area contributed by atoms with Crippen molar-refractivity contribution in [2.45, 2.75) is 18.9 Å². The summed E-state index contributed by atoms with van der Waals surface area (Å²) in [5, 5.41) is 7.89. The molecule has 1 aromatic carbocycles. The Labute approximate surface area is 127 Å². The van der Waals surface area contributed by atoms with Gasteiger partial charge in [-0.1, -0.05) is 6.58 Å². The topological polar surface area (TPSA) is 96.5 Å². The molecule has 0 aliphatic carbocycles. The summed E-state index contributed by atoms with van der Waals surface area (Å²) in [5.74, 6) is -0.349. The normalized spacial score (nSPS) is 16.6. The maximum atomic E-state index is 12.0. The van der Waals surface area contributed by atoms with Crippen LogP contribution in [0.2, 0.25) is 0 Å². The van der Waals surface area contributed by atoms with Crippen LogP contribution in [0.4, 0.5) is 11.4 Å². The van der Waals surface area contributed by atoms with Crippen molar-refractivity contribution in [2.24, 2.45) is 0 Å². The first kappa shape index (κ1) is 15.6. The number of ether oxygens (including phenoxy) is 1. The minimum Gasteiger partial charge on any atom is -0.495 e. The third-order valence-electron chi connectivity index (χ3n) is 3.22. The van der Waals surface area contributed by atoms with Crippen LogP contribution >= 0.6 is 0 Å². The van der Waals surface area contributed by atoms with E-state index < -0.39 is 6.04 Å². The summed E-state index contributed by atoms with van der Waals surface area (Å²) in [4.78, 5) is 34.6. The van der Waals surface area contributed by atoms with Gasteiger partial charge in [0.1, 0.15) is 11.8 Å². The highest BCUT2D eigenvalue weighted by Crippen LogP contribution is 2.28. The Hall–Kier alpha value is -2.83. The van der Waals surface area contributed by atoms with E-state index in [1.165, 1.54) is 7.11 Å². The monoisotopic (exact) mass is 303 g/mol. The standard InChI is InChI=1S/C15H17N3O4/c1-3-13(19)18-11-8-9(4-6-12(11)22-2)16-15(21)10-5-7-14(20)17-10/h3-4,6,8,10H,1,5,7H2,2H3,(H,16,21)(H,17,20)(H,18,19)/t10-/m0/s1. The molecule has 22 heavy (non-hydrogen) atoms. The molecule has 0 bridgehead atoms. The van der Waals surface area contributed by atoms with Crippen molar-refractivity contribution >= 4 is 29.1 Å². The molecule has 1 atom stereocenters. The smallest absolute Gasteiger partial charge is 0.247 e. The SMILES string of the molecule is C=CC(=O)Nc1cc(NC(=O)[C@@H]2CCC(=O)N2)ccc1OC. The van der Waals surface area contributed by atoms with Crippen LogP contribution in [-0.2, 0) is 14.4 Å². The highest BCUT2D eigenvalue weighted by molar-refractivity contribution is 6.02. The first-order valence-electron chi connectivity index (χ1n) is 6.75. The van der Waals surface area contributed by atoms with Crippen molar-refractivity contribution in [3.05, 3.63) is 30.9 Å². The molecule has 0 saturated carbocycles. The van der Waals surface area contributed by atoms with Crippen LogP contribution in [0, 0.1) is 0 Å². The molecule has 1 aliphatic rings. The zero-order chi connectivity index (χ0) is 16.1. The molecule has 3 N–H and O–H groups in total. The number of anilines is 2. The molecule has 7 heteroatoms. The van der Waals surface area contributed by atoms with Crippen molar-refractivity contribution in [3.8, 4) is 5.75 Å². The maximum Gasteiger partial charge on any atom is 0.247 e. The van der Waals surface area contributed by atoms with Crippen molar-refractivity contribution in [1.82, 2.24) is 5.32 Å². The van der Waals surface area contributed by atoms with Crippen molar-refractivity contribution < 1.29 is 19.1 Å². The molecule has 1 aromatic rings. The minimum absolute atomic E-state index is 0.131. The molecule has 116 valence electrons. The first-order valence-corrected chi connectivity index (χ1v) is 6.75. The van der Waals surface area contributed by atoms with E-state index >= 15 is 0 Å². The van der Waals surface area contributed by atoms with Gasteiger partial charge in [0.2, 0.25) is 17.7 Å². The average molecular weight is 303 g/mol. The van der Waals surface area contributed by atoms with Crippen molar-refractivity contribution in [3.63, 3.8) is 0 Å². The highest BCUT2D eigenvalue weighted by Gasteiger charge is 2.27. The van der Waals surface area contributed by atoms with Gasteiger partial charge in [-0.25, -0.2) is 0 Å². The number of amides is 3. The fourth-order valence-electron chi connectivity index (χ4n) is 2.11. The second-order valence-corrected chi connectivity index (χ2v) is 4.76. The van der Waals surface area contributed by atoms with Gasteiger partial charge in [0, 0.05) is 12.1 Å². The number of hydrogen-bond acceptors (Lipinski definition) is 4. The number of carbonyl (C=O) groups is 3. The first-order chi connectivity index (χ1) is 10.5. The molecule has 0 unspecified atom stereocenters. The molecular formula is C15H17N3O4. The van der Waals surface area contributed by atoms with Crippen LogP contribution < -0.4 is 20.7 Å². The van der Waals surface area contributed by atoms with Crippen LogP contribution in [0.1, 0.15) is 12.8 Å². The number of rotatable bonds is 5. The van der Waals surface area contributed by atoms with Gasteiger partial charge >= 0.3 is 0 Å². The number of hydrogen-bond donors (Lipinski definition) is 3. The molecule has 1 fully saturated rings. The van der Waals surface area contributed by atoms with E-state index in [0.717, 1.165) is 6.08 Å². The lowest BCUT2D eigenvalue weighted by Crippen LogP contribution is -2.37. The quantitative estimate of drug-likeness (QED) is 0.708. The van der Waals surface area contributed by atoms with Gasteiger partial charge in [0.15, 0.2) is 0 Å². The Balaban J connectivity index is 2.12. The Morgan fingerprint density at radius 1 is 1.41 bits per heavy atom. The molecule has 7 nitrogen and oxygen atoms in total. The molecule has 3 amide bonds. The van der Waals surface area contributed by atoms with Crippen LogP contribution in [0.15, 0.2) is 30.9 Å². The van der Waals surface area contributed by atoms with Crippen molar-refractivity contribution in [1.29, 1.82) is 0 Å². The molecule has 1 saturated heterocycles. The van der Waals surface area contributed by atoms with E-state index in [0.29, 0.717) is 30.0 Å². The zero-order valence-electron chi connectivity index (χ0n) is 12.1. The second kappa shape index (κ2) is 6.75. The van der Waals surface area contributed by atoms with Crippen LogP contribution in [0.25, 0.3) is 0 Å². The van der Waals surface area contributed by atoms with Gasteiger partial charge < -0.3 is 20.7 Å². The third kappa shape index (κ3) is 3.63. The van der Waals surface area contributed by atoms with E-state index in [-0.39, 0.29) is 17.7 Å². The fourth-order valence-corrected chi connectivity index (χ4v) is 2.11. The average Bonchev–Trinajstić information content (AvgIpc) is 2.94. The highest BCUT2D eigenvalue weighted by atomic mass is 16.5. The lowest BCUT2D eigenvalue weighted by atomic mass is 10.2. The maximum absolute atomic E-state index is 12.0. The Bertz CT molecular complexity index is 627. The number of methoxy groups -OCH3 is 1. The lowest BCUT2D eigenvalue weighted by Gasteiger charge is -2.14. The summed E-state index contributed by atoms with van der Waals surface area (Å²) in [7, 11) is 1.48. The predicted octanol–water partition coefficient (Wildman–Crippen LogP) is 1.04. The van der Waals surface area contributed by atoms with Crippen molar-refractivity contribution in [2.75, 3.05) is 17.7 Å². The summed E-state index contributed by atoms with van der Waals surface area (Å²) in [6, 6.07) is 4.33. The van der Waals surface area contributed by atoms with Gasteiger partial charge in [0.25, 0.3) is 0 Å². The van der Waals surface area contributed by atoms with E-state index in [4.69, 9.17) is 4.74 Å². The Morgan fingerprint density at radius 2 is 2.18 bits per heavy atom. The Morgan fingerprint density at radius 3 is 2.77 bits per heavy atom. The summed E-state index contributed by atoms with van der Waals surface area (Å²) in [6.45, 7) is 3.38. The zero-order valence-corrected chi connectivity index (χ0v) is 12.1. The molecule has 0 radical (unpaired) electrons. The van der Waals surface area contributed by atoms with Crippen LogP contribution in [-0.4, -0.2) is 30.9 Å². The summed E-state index contributed by atoms with van der Waals surface area (Å²) < 4.78 is 5.15. The number of nitrogens with one attached hydrogen (secondary N) is 3. The van der Waals surface area contributed by atoms with Gasteiger partial charge in [-0.15, -0.1) is 0 Å². The van der Waals surface area contributed by atoms with E-state index in [9.17, 15) is 14.4 Å². The predicted molar refractivity (Wildman–Crippen MR) is 81.6 cm³/mol. The fraction of sp³-hybridized carbons (Fsp3) is 0.267. The largest absolute Gasteiger partial charge is 0.495 e.